The second-order valence-corrected chi connectivity index (χ2v) is 6.43. The zero-order valence-corrected chi connectivity index (χ0v) is 15.9. The first-order valence-corrected chi connectivity index (χ1v) is 9.54. The number of hydrogen-bond acceptors (Lipinski definition) is 3. The molecule has 2 aromatic rings. The zero-order chi connectivity index (χ0) is 17.1. The third-order valence-corrected chi connectivity index (χ3v) is 2.87. The Morgan fingerprint density at radius 3 is 2.57 bits per heavy atom. The Labute approximate surface area is 160 Å². The average molecular weight is 439 g/mol. The van der Waals surface area contributed by atoms with Crippen LogP contribution in [0.25, 0.3) is 0 Å². The fraction of sp³-hybridized carbons (Fsp3) is 0.0714. The van der Waals surface area contributed by atoms with Crippen LogP contribution >= 0.6 is 44.0 Å². The van der Waals surface area contributed by atoms with E-state index in [1.165, 1.54) is 0 Å². The molecule has 0 atom stereocenters. The number of halogens is 3. The molecule has 1 aromatic heterocycles. The summed E-state index contributed by atoms with van der Waals surface area (Å²) in [7, 11) is 9.34. The van der Waals surface area contributed by atoms with E-state index in [1.54, 1.807) is 18.3 Å². The monoisotopic (exact) mass is 437 g/mol. The third-order valence-electron chi connectivity index (χ3n) is 2.44. The first-order chi connectivity index (χ1) is 11.1. The van der Waals surface area contributed by atoms with E-state index in [2.05, 4.69) is 41.0 Å². The summed E-state index contributed by atoms with van der Waals surface area (Å²) in [6.45, 7) is 1.86. The summed E-state index contributed by atoms with van der Waals surface area (Å²) in [5, 5.41) is 8.21. The van der Waals surface area contributed by atoms with Gasteiger partial charge >= 0.3 is 33.3 Å². The minimum absolute atomic E-state index is 0.391. The molecule has 0 amide bonds. The Bertz CT molecular complexity index is 655. The van der Waals surface area contributed by atoms with Gasteiger partial charge in [-0.1, -0.05) is 23.7 Å². The maximum absolute atomic E-state index is 5.90. The molecule has 23 heavy (non-hydrogen) atoms. The molecule has 2 rings (SSSR count). The Balaban J connectivity index is 0.000000816. The van der Waals surface area contributed by atoms with Gasteiger partial charge in [-0.05, 0) is 49.5 Å². The van der Waals surface area contributed by atoms with Gasteiger partial charge in [-0.3, -0.25) is 10.4 Å². The summed E-state index contributed by atoms with van der Waals surface area (Å²) in [4.78, 5) is 4.20. The predicted octanol–water partition coefficient (Wildman–Crippen LogP) is 4.82. The Kier molecular flexibility index (Phi) is 10.2. The Morgan fingerprint density at radius 1 is 1.22 bits per heavy atom. The molecule has 0 aliphatic rings. The van der Waals surface area contributed by atoms with Crippen LogP contribution in [0.5, 0.6) is 0 Å². The molecule has 0 bridgehead atoms. The molecule has 0 aliphatic carbocycles. The van der Waals surface area contributed by atoms with Gasteiger partial charge in [-0.25, -0.2) is 0 Å². The summed E-state index contributed by atoms with van der Waals surface area (Å²) in [6, 6.07) is 12.9. The number of pyridine rings is 1. The van der Waals surface area contributed by atoms with Crippen LogP contribution in [0.4, 0.5) is 5.69 Å². The quantitative estimate of drug-likeness (QED) is 0.312. The molecular weight excluding hydrogens is 426 g/mol. The van der Waals surface area contributed by atoms with Gasteiger partial charge in [0, 0.05) is 16.9 Å². The summed E-state index contributed by atoms with van der Waals surface area (Å²) >= 11 is 11.8. The van der Waals surface area contributed by atoms with Crippen LogP contribution in [0.2, 0.25) is 5.02 Å². The van der Waals surface area contributed by atoms with Gasteiger partial charge in [0.2, 0.25) is 0 Å². The Hall–Kier alpha value is -0.881. The van der Waals surface area contributed by atoms with E-state index in [0.29, 0.717) is 10.1 Å². The number of benzene rings is 1. The number of rotatable bonds is 3. The second-order valence-electron chi connectivity index (χ2n) is 4.03. The SMILES string of the molecule is C/C(=N\NC(=S)Nc1cccc(Cl)c1)c1ccccn1.[Cl][Cu][Cl]. The van der Waals surface area contributed by atoms with E-state index in [0.717, 1.165) is 30.2 Å². The van der Waals surface area contributed by atoms with Crippen molar-refractivity contribution in [2.45, 2.75) is 6.92 Å². The van der Waals surface area contributed by atoms with Crippen molar-refractivity contribution in [2.75, 3.05) is 5.32 Å². The fourth-order valence-electron chi connectivity index (χ4n) is 1.49. The topological polar surface area (TPSA) is 49.3 Å². The predicted molar refractivity (Wildman–Crippen MR) is 99.0 cm³/mol. The van der Waals surface area contributed by atoms with E-state index in [1.807, 2.05) is 37.3 Å². The van der Waals surface area contributed by atoms with Crippen molar-refractivity contribution < 1.29 is 13.1 Å². The van der Waals surface area contributed by atoms with Crippen molar-refractivity contribution in [1.29, 1.82) is 0 Å². The standard InChI is InChI=1S/C14H13ClN4S.2ClH.Cu/c1-10(13-7-2-3-8-16-13)18-19-14(20)17-12-6-4-5-11(15)9-12;;;/h2-9H,1H3,(H2,17,19,20);2*1H;/q;;;+2/p-2/b18-10+;;;. The molecule has 0 spiro atoms. The maximum atomic E-state index is 5.90. The molecule has 0 radical (unpaired) electrons. The molecule has 4 nitrogen and oxygen atoms in total. The number of hydrazone groups is 1. The van der Waals surface area contributed by atoms with Gasteiger partial charge in [0.1, 0.15) is 0 Å². The van der Waals surface area contributed by atoms with Crippen molar-refractivity contribution in [3.8, 4) is 0 Å². The summed E-state index contributed by atoms with van der Waals surface area (Å²) in [5.41, 5.74) is 5.13. The number of aromatic nitrogens is 1. The molecule has 1 aromatic carbocycles. The number of nitrogens with one attached hydrogen (secondary N) is 2. The van der Waals surface area contributed by atoms with Crippen LogP contribution in [0.3, 0.4) is 0 Å². The van der Waals surface area contributed by atoms with Crippen molar-refractivity contribution in [3.05, 3.63) is 59.4 Å². The van der Waals surface area contributed by atoms with E-state index in [4.69, 9.17) is 23.8 Å². The van der Waals surface area contributed by atoms with E-state index < -0.39 is 0 Å². The number of nitrogens with zero attached hydrogens (tertiary/aromatic N) is 2. The van der Waals surface area contributed by atoms with Crippen molar-refractivity contribution in [2.24, 2.45) is 5.10 Å². The van der Waals surface area contributed by atoms with E-state index >= 15 is 0 Å². The summed E-state index contributed by atoms with van der Waals surface area (Å²) in [5.74, 6) is 0. The van der Waals surface area contributed by atoms with Crippen LogP contribution in [0, 0.1) is 0 Å². The summed E-state index contributed by atoms with van der Waals surface area (Å²) in [6.07, 6.45) is 1.72. The van der Waals surface area contributed by atoms with Crippen LogP contribution in [0.1, 0.15) is 12.6 Å². The third kappa shape index (κ3) is 8.51. The molecule has 0 aliphatic heterocycles. The number of hydrogen-bond donors (Lipinski definition) is 2. The van der Waals surface area contributed by atoms with Crippen LogP contribution < -0.4 is 10.7 Å². The molecule has 0 unspecified atom stereocenters. The molecule has 2 N–H and O–H groups in total. The first-order valence-electron chi connectivity index (χ1n) is 6.16. The van der Waals surface area contributed by atoms with Gasteiger partial charge < -0.3 is 5.32 Å². The van der Waals surface area contributed by atoms with E-state index in [-0.39, 0.29) is 0 Å². The van der Waals surface area contributed by atoms with Gasteiger partial charge in [0.25, 0.3) is 0 Å². The van der Waals surface area contributed by atoms with Gasteiger partial charge in [-0.2, -0.15) is 5.10 Å². The Morgan fingerprint density at radius 2 is 1.96 bits per heavy atom. The fourth-order valence-corrected chi connectivity index (χ4v) is 1.85. The number of anilines is 1. The molecule has 0 saturated heterocycles. The van der Waals surface area contributed by atoms with E-state index in [9.17, 15) is 0 Å². The van der Waals surface area contributed by atoms with Crippen molar-refractivity contribution in [3.63, 3.8) is 0 Å². The zero-order valence-electron chi connectivity index (χ0n) is 11.9. The molecule has 0 saturated carbocycles. The molecular formula is C14H13Cl3CuN4S. The van der Waals surface area contributed by atoms with Crippen molar-refractivity contribution >= 4 is 60.5 Å². The van der Waals surface area contributed by atoms with Gasteiger partial charge in [-0.15, -0.1) is 0 Å². The minimum atomic E-state index is 0.391. The van der Waals surface area contributed by atoms with Gasteiger partial charge in [0.15, 0.2) is 5.11 Å². The molecule has 1 heterocycles. The number of thiocarbonyl (C=S) groups is 1. The van der Waals surface area contributed by atoms with Crippen LogP contribution in [-0.2, 0) is 13.1 Å². The normalized spacial score (nSPS) is 10.5. The van der Waals surface area contributed by atoms with Gasteiger partial charge in [0.05, 0.1) is 11.4 Å². The first kappa shape index (κ1) is 20.2. The second kappa shape index (κ2) is 11.6. The van der Waals surface area contributed by atoms with Crippen LogP contribution in [0.15, 0.2) is 53.8 Å². The van der Waals surface area contributed by atoms with Crippen LogP contribution in [-0.4, -0.2) is 15.8 Å². The molecule has 127 valence electrons. The average Bonchev–Trinajstić information content (AvgIpc) is 2.54. The summed E-state index contributed by atoms with van der Waals surface area (Å²) < 4.78 is 0. The molecule has 0 fully saturated rings. The van der Waals surface area contributed by atoms with Crippen molar-refractivity contribution in [1.82, 2.24) is 10.4 Å². The molecule has 9 heteroatoms.